The molecule has 2 heterocycles. The number of Topliss-reactive ketones (excluding diaryl/α,β-unsaturated/α-hetero) is 1. The van der Waals surface area contributed by atoms with Crippen LogP contribution in [-0.2, 0) is 24.0 Å². The molecule has 1 saturated heterocycles. The number of amides is 5. The Hall–Kier alpha value is -4.16. The number of nitrogens with one attached hydrogen (secondary N) is 4. The lowest BCUT2D eigenvalue weighted by Crippen LogP contribution is -2.64. The molecule has 4 saturated carbocycles. The second-order valence-corrected chi connectivity index (χ2v) is 17.1. The fraction of sp³-hybridized carbons (Fsp3) is 0.700. The van der Waals surface area contributed by atoms with Crippen molar-refractivity contribution in [2.45, 2.75) is 128 Å². The van der Waals surface area contributed by atoms with Crippen molar-refractivity contribution in [2.24, 2.45) is 34.5 Å². The first-order valence-corrected chi connectivity index (χ1v) is 19.8. The normalized spacial score (nSPS) is 26.2. The van der Waals surface area contributed by atoms with Gasteiger partial charge in [0.05, 0.1) is 12.2 Å². The largest absolute Gasteiger partial charge is 0.346 e. The second kappa shape index (κ2) is 16.1. The number of hydrogen-bond donors (Lipinski definition) is 4. The molecule has 1 aromatic rings. The summed E-state index contributed by atoms with van der Waals surface area (Å²) in [5.74, 6) is -3.05. The van der Waals surface area contributed by atoms with Crippen molar-refractivity contribution in [1.82, 2.24) is 36.1 Å². The zero-order valence-corrected chi connectivity index (χ0v) is 31.5. The summed E-state index contributed by atoms with van der Waals surface area (Å²) >= 11 is 0. The number of aromatic nitrogens is 2. The molecule has 0 radical (unpaired) electrons. The molecule has 5 amide bonds. The molecule has 5 fully saturated rings. The molecule has 6 atom stereocenters. The fourth-order valence-electron chi connectivity index (χ4n) is 9.48. The maximum absolute atomic E-state index is 15.0. The van der Waals surface area contributed by atoms with Gasteiger partial charge in [-0.3, -0.25) is 33.8 Å². The van der Waals surface area contributed by atoms with Crippen LogP contribution >= 0.6 is 0 Å². The van der Waals surface area contributed by atoms with E-state index < -0.39 is 59.0 Å². The molecule has 13 nitrogen and oxygen atoms in total. The Balaban J connectivity index is 1.26. The maximum atomic E-state index is 15.0. The van der Waals surface area contributed by atoms with E-state index in [4.69, 9.17) is 0 Å². The van der Waals surface area contributed by atoms with Gasteiger partial charge in [0.25, 0.3) is 11.8 Å². The van der Waals surface area contributed by atoms with Gasteiger partial charge < -0.3 is 26.2 Å². The van der Waals surface area contributed by atoms with Gasteiger partial charge in [0.2, 0.25) is 23.5 Å². The molecular weight excluding hydrogens is 674 g/mol. The summed E-state index contributed by atoms with van der Waals surface area (Å²) in [5.41, 5.74) is -0.661. The summed E-state index contributed by atoms with van der Waals surface area (Å²) < 4.78 is 0. The molecule has 0 spiro atoms. The SMILES string of the molecule is C=CCNC(=O)C(=O)C(CC1CC1)NC(=O)C1C2C(CN1C(=O)C(NC(=O)C(NC(=O)c1cnccn1)C1CCCCC1)C1(C)CCCCC1)C2(C)C. The number of likely N-dealkylation sites (tertiary alicyclic amines) is 1. The highest BCUT2D eigenvalue weighted by Gasteiger charge is 2.70. The third kappa shape index (κ3) is 8.49. The minimum absolute atomic E-state index is 0.0763. The van der Waals surface area contributed by atoms with Crippen LogP contribution < -0.4 is 21.3 Å². The summed E-state index contributed by atoms with van der Waals surface area (Å²) in [5, 5.41) is 11.6. The number of carbonyl (C=O) groups is 6. The van der Waals surface area contributed by atoms with Crippen molar-refractivity contribution in [3.05, 3.63) is 36.9 Å². The van der Waals surface area contributed by atoms with Gasteiger partial charge in [0.15, 0.2) is 0 Å². The van der Waals surface area contributed by atoms with Crippen LogP contribution in [0, 0.1) is 34.5 Å². The topological polar surface area (TPSA) is 180 Å². The first kappa shape index (κ1) is 38.6. The summed E-state index contributed by atoms with van der Waals surface area (Å²) in [6, 6.07) is -3.67. The smallest absolute Gasteiger partial charge is 0.289 e. The minimum Gasteiger partial charge on any atom is -0.346 e. The summed E-state index contributed by atoms with van der Waals surface area (Å²) in [6.07, 6.45) is 16.8. The number of rotatable bonds is 15. The molecule has 0 bridgehead atoms. The third-order valence-corrected chi connectivity index (χ3v) is 13.0. The van der Waals surface area contributed by atoms with Crippen molar-refractivity contribution in [2.75, 3.05) is 13.1 Å². The van der Waals surface area contributed by atoms with Gasteiger partial charge in [0, 0.05) is 25.5 Å². The van der Waals surface area contributed by atoms with Gasteiger partial charge in [-0.2, -0.15) is 0 Å². The van der Waals surface area contributed by atoms with Crippen molar-refractivity contribution < 1.29 is 28.8 Å². The molecule has 4 N–H and O–H groups in total. The lowest BCUT2D eigenvalue weighted by molar-refractivity contribution is -0.148. The third-order valence-electron chi connectivity index (χ3n) is 13.0. The van der Waals surface area contributed by atoms with Gasteiger partial charge in [0.1, 0.15) is 23.8 Å². The highest BCUT2D eigenvalue weighted by atomic mass is 16.2. The van der Waals surface area contributed by atoms with Gasteiger partial charge in [-0.15, -0.1) is 6.58 Å². The molecule has 5 aliphatic rings. The molecule has 6 unspecified atom stereocenters. The molecule has 4 aliphatic carbocycles. The Bertz CT molecular complexity index is 1570. The van der Waals surface area contributed by atoms with Crippen LogP contribution in [0.1, 0.15) is 115 Å². The summed E-state index contributed by atoms with van der Waals surface area (Å²) in [4.78, 5) is 93.0. The van der Waals surface area contributed by atoms with E-state index in [-0.39, 0.29) is 47.2 Å². The number of fused-ring (bicyclic) bond motifs is 1. The molecule has 6 rings (SSSR count). The molecule has 288 valence electrons. The van der Waals surface area contributed by atoms with Crippen molar-refractivity contribution in [1.29, 1.82) is 0 Å². The average molecular weight is 732 g/mol. The Morgan fingerprint density at radius 3 is 2.26 bits per heavy atom. The molecule has 1 aliphatic heterocycles. The Labute approximate surface area is 312 Å². The number of hydrogen-bond acceptors (Lipinski definition) is 8. The van der Waals surface area contributed by atoms with E-state index >= 15 is 4.79 Å². The quantitative estimate of drug-likeness (QED) is 0.157. The Kier molecular flexibility index (Phi) is 11.7. The first-order chi connectivity index (χ1) is 25.4. The molecule has 53 heavy (non-hydrogen) atoms. The minimum atomic E-state index is -1.00. The zero-order valence-electron chi connectivity index (χ0n) is 31.5. The van der Waals surface area contributed by atoms with Crippen LogP contribution in [0.25, 0.3) is 0 Å². The van der Waals surface area contributed by atoms with Gasteiger partial charge in [-0.25, -0.2) is 4.98 Å². The lowest BCUT2D eigenvalue weighted by atomic mass is 9.69. The number of carbonyl (C=O) groups excluding carboxylic acids is 6. The van der Waals surface area contributed by atoms with Gasteiger partial charge >= 0.3 is 0 Å². The zero-order chi connectivity index (χ0) is 37.9. The van der Waals surface area contributed by atoms with E-state index in [1.807, 2.05) is 6.92 Å². The summed E-state index contributed by atoms with van der Waals surface area (Å²) in [7, 11) is 0. The van der Waals surface area contributed by atoms with E-state index in [2.05, 4.69) is 51.7 Å². The van der Waals surface area contributed by atoms with Crippen molar-refractivity contribution in [3.8, 4) is 0 Å². The molecule has 0 aromatic carbocycles. The second-order valence-electron chi connectivity index (χ2n) is 17.1. The predicted octanol–water partition coefficient (Wildman–Crippen LogP) is 3.25. The number of piperidine rings is 1. The predicted molar refractivity (Wildman–Crippen MR) is 197 cm³/mol. The van der Waals surface area contributed by atoms with Crippen LogP contribution in [0.3, 0.4) is 0 Å². The highest BCUT2D eigenvalue weighted by molar-refractivity contribution is 6.38. The monoisotopic (exact) mass is 731 g/mol. The van der Waals surface area contributed by atoms with E-state index in [9.17, 15) is 24.0 Å². The van der Waals surface area contributed by atoms with Gasteiger partial charge in [-0.05, 0) is 66.6 Å². The van der Waals surface area contributed by atoms with Crippen molar-refractivity contribution in [3.63, 3.8) is 0 Å². The summed E-state index contributed by atoms with van der Waals surface area (Å²) in [6.45, 7) is 10.3. The van der Waals surface area contributed by atoms with E-state index in [1.54, 1.807) is 4.90 Å². The van der Waals surface area contributed by atoms with Crippen LogP contribution in [0.4, 0.5) is 0 Å². The van der Waals surface area contributed by atoms with E-state index in [0.29, 0.717) is 13.0 Å². The number of nitrogens with zero attached hydrogens (tertiary/aromatic N) is 3. The first-order valence-electron chi connectivity index (χ1n) is 19.8. The Morgan fingerprint density at radius 1 is 0.925 bits per heavy atom. The lowest BCUT2D eigenvalue weighted by Gasteiger charge is -2.44. The average Bonchev–Trinajstić information content (AvgIpc) is 4.02. The van der Waals surface area contributed by atoms with Crippen LogP contribution in [0.5, 0.6) is 0 Å². The van der Waals surface area contributed by atoms with Crippen LogP contribution in [0.2, 0.25) is 0 Å². The molecule has 1 aromatic heterocycles. The maximum Gasteiger partial charge on any atom is 0.289 e. The number of ketones is 1. The van der Waals surface area contributed by atoms with Crippen molar-refractivity contribution >= 4 is 35.3 Å². The van der Waals surface area contributed by atoms with Crippen LogP contribution in [0.15, 0.2) is 31.2 Å². The van der Waals surface area contributed by atoms with Gasteiger partial charge in [-0.1, -0.05) is 78.2 Å². The Morgan fingerprint density at radius 2 is 1.62 bits per heavy atom. The van der Waals surface area contributed by atoms with E-state index in [0.717, 1.165) is 77.0 Å². The molecule has 13 heteroatoms. The van der Waals surface area contributed by atoms with Crippen LogP contribution in [-0.4, -0.2) is 87.4 Å². The highest BCUT2D eigenvalue weighted by Crippen LogP contribution is 2.65. The standard InChI is InChI=1S/C40H57N7O6/c1-5-18-43-37(52)32(48)27(21-24-14-15-24)44-36(51)31-29-26(39(29,2)3)23-47(31)38(53)33(40(4)16-10-7-11-17-40)46-35(50)30(25-12-8-6-9-13-25)45-34(49)28-22-41-19-20-42-28/h5,19-20,22,24-27,29-31,33H,1,6-18,21,23H2,2-4H3,(H,43,52)(H,44,51)(H,45,49)(H,46,50). The molecular formula is C40H57N7O6. The van der Waals surface area contributed by atoms with E-state index in [1.165, 1.54) is 24.7 Å². The fourth-order valence-corrected chi connectivity index (χ4v) is 9.48.